The van der Waals surface area contributed by atoms with E-state index in [0.717, 1.165) is 11.3 Å². The molecule has 4 heterocycles. The molecule has 1 aliphatic rings. The predicted molar refractivity (Wildman–Crippen MR) is 111 cm³/mol. The fourth-order valence-corrected chi connectivity index (χ4v) is 4.60. The lowest BCUT2D eigenvalue weighted by Crippen LogP contribution is -2.08. The van der Waals surface area contributed by atoms with Crippen LogP contribution in [-0.4, -0.2) is 40.8 Å². The molecule has 0 spiro atoms. The average Bonchev–Trinajstić information content (AvgIpc) is 3.41. The van der Waals surface area contributed by atoms with Crippen molar-refractivity contribution in [1.82, 2.24) is 19.7 Å². The number of hydrogen-bond donors (Lipinski definition) is 2. The molecule has 11 heteroatoms. The molecular formula is C19H18N4O6S. The van der Waals surface area contributed by atoms with Crippen molar-refractivity contribution in [3.63, 3.8) is 0 Å². The number of H-pyrrole nitrogens is 2. The van der Waals surface area contributed by atoms with Gasteiger partial charge in [0.1, 0.15) is 0 Å². The van der Waals surface area contributed by atoms with Crippen LogP contribution in [0.4, 0.5) is 0 Å². The van der Waals surface area contributed by atoms with Gasteiger partial charge in [0.15, 0.2) is 22.8 Å². The summed E-state index contributed by atoms with van der Waals surface area (Å²) in [5, 5.41) is 3.20. The van der Waals surface area contributed by atoms with E-state index in [1.165, 1.54) is 14.2 Å². The number of nitrogens with zero attached hydrogens (tertiary/aromatic N) is 2. The summed E-state index contributed by atoms with van der Waals surface area (Å²) in [7, 11) is 3.00. The fraction of sp³-hybridized carbons (Fsp3) is 0.316. The Morgan fingerprint density at radius 2 is 1.97 bits per heavy atom. The number of aromatic nitrogens is 4. The lowest BCUT2D eigenvalue weighted by atomic mass is 10.0. The summed E-state index contributed by atoms with van der Waals surface area (Å²) >= 11 is 0.977. The van der Waals surface area contributed by atoms with E-state index in [-0.39, 0.29) is 23.3 Å². The summed E-state index contributed by atoms with van der Waals surface area (Å²) in [5.41, 5.74) is 1.57. The standard InChI is InChI=1S/C19H18N4O6S/c1-7(2)23-17-11(18(24)22-23)10(15-16(20-17)21-19(25)30-15)8-5-9-13(29-6-28-9)14(27-4)12(8)26-3/h5,7H,6H2,1-4H3,(H,22,24)(H,20,21,25). The molecule has 4 aromatic rings. The molecular weight excluding hydrogens is 412 g/mol. The zero-order valence-corrected chi connectivity index (χ0v) is 17.4. The van der Waals surface area contributed by atoms with Gasteiger partial charge in [-0.3, -0.25) is 24.4 Å². The molecule has 1 aromatic carbocycles. The summed E-state index contributed by atoms with van der Waals surface area (Å²) in [6.07, 6.45) is 0. The Kier molecular flexibility index (Phi) is 4.03. The van der Waals surface area contributed by atoms with Gasteiger partial charge in [-0.2, -0.15) is 0 Å². The summed E-state index contributed by atoms with van der Waals surface area (Å²) < 4.78 is 24.5. The Morgan fingerprint density at radius 3 is 2.67 bits per heavy atom. The molecule has 2 N–H and O–H groups in total. The quantitative estimate of drug-likeness (QED) is 0.511. The van der Waals surface area contributed by atoms with Crippen molar-refractivity contribution in [2.75, 3.05) is 21.0 Å². The molecule has 0 aliphatic carbocycles. The van der Waals surface area contributed by atoms with E-state index in [9.17, 15) is 9.59 Å². The van der Waals surface area contributed by atoms with Crippen molar-refractivity contribution in [3.05, 3.63) is 26.1 Å². The van der Waals surface area contributed by atoms with E-state index in [1.54, 1.807) is 10.7 Å². The minimum Gasteiger partial charge on any atom is -0.492 e. The van der Waals surface area contributed by atoms with Crippen LogP contribution in [-0.2, 0) is 0 Å². The largest absolute Gasteiger partial charge is 0.492 e. The van der Waals surface area contributed by atoms with Gasteiger partial charge < -0.3 is 18.9 Å². The second-order valence-corrected chi connectivity index (χ2v) is 7.99. The summed E-state index contributed by atoms with van der Waals surface area (Å²) in [6.45, 7) is 3.91. The van der Waals surface area contributed by atoms with Crippen molar-refractivity contribution in [2.24, 2.45) is 0 Å². The molecule has 0 saturated carbocycles. The zero-order valence-electron chi connectivity index (χ0n) is 16.6. The first kappa shape index (κ1) is 18.6. The molecule has 5 rings (SSSR count). The van der Waals surface area contributed by atoms with Crippen LogP contribution < -0.4 is 29.4 Å². The van der Waals surface area contributed by atoms with Crippen LogP contribution in [0, 0.1) is 0 Å². The zero-order chi connectivity index (χ0) is 21.2. The Hall–Kier alpha value is -3.47. The van der Waals surface area contributed by atoms with E-state index in [0.29, 0.717) is 55.5 Å². The van der Waals surface area contributed by atoms with Crippen LogP contribution in [0.5, 0.6) is 23.0 Å². The second-order valence-electron chi connectivity index (χ2n) is 7.01. The predicted octanol–water partition coefficient (Wildman–Crippen LogP) is 2.62. The van der Waals surface area contributed by atoms with Crippen LogP contribution in [0.1, 0.15) is 19.9 Å². The topological polar surface area (TPSA) is 120 Å². The van der Waals surface area contributed by atoms with E-state index < -0.39 is 0 Å². The molecule has 0 unspecified atom stereocenters. The molecule has 1 aliphatic heterocycles. The van der Waals surface area contributed by atoms with Gasteiger partial charge in [-0.1, -0.05) is 11.3 Å². The number of benzene rings is 1. The molecule has 0 saturated heterocycles. The SMILES string of the molecule is COc1c(-c2c3sc(=O)[nH]c3nc3c2c(=O)[nH]n3C(C)C)cc2c(c1OC)OCO2. The number of aromatic amines is 2. The van der Waals surface area contributed by atoms with Crippen molar-refractivity contribution >= 4 is 32.7 Å². The van der Waals surface area contributed by atoms with Crippen LogP contribution in [0.25, 0.3) is 32.5 Å². The van der Waals surface area contributed by atoms with Crippen molar-refractivity contribution in [1.29, 1.82) is 0 Å². The maximum Gasteiger partial charge on any atom is 0.306 e. The Morgan fingerprint density at radius 1 is 1.20 bits per heavy atom. The maximum absolute atomic E-state index is 13.0. The lowest BCUT2D eigenvalue weighted by Gasteiger charge is -2.16. The second kappa shape index (κ2) is 6.52. The van der Waals surface area contributed by atoms with Crippen molar-refractivity contribution < 1.29 is 18.9 Å². The third-order valence-corrected chi connectivity index (χ3v) is 5.88. The first-order valence-electron chi connectivity index (χ1n) is 9.16. The summed E-state index contributed by atoms with van der Waals surface area (Å²) in [6, 6.07) is 1.68. The van der Waals surface area contributed by atoms with Gasteiger partial charge in [-0.15, -0.1) is 0 Å². The first-order valence-corrected chi connectivity index (χ1v) is 9.98. The summed E-state index contributed by atoms with van der Waals surface area (Å²) in [4.78, 5) is 32.2. The third-order valence-electron chi connectivity index (χ3n) is 4.99. The van der Waals surface area contributed by atoms with Gasteiger partial charge in [0.05, 0.1) is 24.3 Å². The highest BCUT2D eigenvalue weighted by molar-refractivity contribution is 7.17. The molecule has 0 fully saturated rings. The van der Waals surface area contributed by atoms with Crippen LogP contribution in [0.2, 0.25) is 0 Å². The van der Waals surface area contributed by atoms with Gasteiger partial charge in [-0.05, 0) is 19.9 Å². The Balaban J connectivity index is 2.01. The smallest absolute Gasteiger partial charge is 0.306 e. The molecule has 30 heavy (non-hydrogen) atoms. The molecule has 10 nitrogen and oxygen atoms in total. The number of pyridine rings is 1. The van der Waals surface area contributed by atoms with E-state index in [4.69, 9.17) is 18.9 Å². The molecule has 0 atom stereocenters. The van der Waals surface area contributed by atoms with Gasteiger partial charge >= 0.3 is 4.87 Å². The number of fused-ring (bicyclic) bond motifs is 3. The number of rotatable bonds is 4. The van der Waals surface area contributed by atoms with Gasteiger partial charge in [0.25, 0.3) is 5.56 Å². The van der Waals surface area contributed by atoms with Crippen molar-refractivity contribution in [3.8, 4) is 34.1 Å². The number of methoxy groups -OCH3 is 2. The van der Waals surface area contributed by atoms with Crippen LogP contribution in [0.3, 0.4) is 0 Å². The van der Waals surface area contributed by atoms with Crippen molar-refractivity contribution in [2.45, 2.75) is 19.9 Å². The minimum atomic E-state index is -0.317. The number of thiazole rings is 1. The maximum atomic E-state index is 13.0. The summed E-state index contributed by atoms with van der Waals surface area (Å²) in [5.74, 6) is 1.61. The molecule has 0 amide bonds. The van der Waals surface area contributed by atoms with Gasteiger partial charge in [0.2, 0.25) is 18.3 Å². The highest BCUT2D eigenvalue weighted by Gasteiger charge is 2.30. The average molecular weight is 430 g/mol. The van der Waals surface area contributed by atoms with Crippen LogP contribution in [0.15, 0.2) is 15.7 Å². The fourth-order valence-electron chi connectivity index (χ4n) is 3.76. The number of hydrogen-bond acceptors (Lipinski definition) is 8. The first-order chi connectivity index (χ1) is 14.4. The highest BCUT2D eigenvalue weighted by atomic mass is 32.1. The molecule has 156 valence electrons. The van der Waals surface area contributed by atoms with Crippen LogP contribution >= 0.6 is 11.3 Å². The Bertz CT molecular complexity index is 1430. The highest BCUT2D eigenvalue weighted by Crippen LogP contribution is 2.53. The molecule has 0 bridgehead atoms. The number of ether oxygens (including phenoxy) is 4. The molecule has 0 radical (unpaired) electrons. The Labute approximate surface area is 172 Å². The molecule has 3 aromatic heterocycles. The van der Waals surface area contributed by atoms with E-state index in [2.05, 4.69) is 15.1 Å². The monoisotopic (exact) mass is 430 g/mol. The van der Waals surface area contributed by atoms with Gasteiger partial charge in [0, 0.05) is 17.2 Å². The lowest BCUT2D eigenvalue weighted by molar-refractivity contribution is 0.170. The normalized spacial score (nSPS) is 13.0. The third kappa shape index (κ3) is 2.45. The van der Waals surface area contributed by atoms with Gasteiger partial charge in [-0.25, -0.2) is 4.98 Å². The number of nitrogens with one attached hydrogen (secondary N) is 2. The van der Waals surface area contributed by atoms with E-state index in [1.807, 2.05) is 13.8 Å². The minimum absolute atomic E-state index is 0.0429. The van der Waals surface area contributed by atoms with E-state index >= 15 is 0 Å².